The van der Waals surface area contributed by atoms with Gasteiger partial charge < -0.3 is 5.32 Å². The first-order valence-electron chi connectivity index (χ1n) is 5.21. The number of nitrogens with one attached hydrogen (secondary N) is 2. The van der Waals surface area contributed by atoms with Crippen molar-refractivity contribution in [1.82, 2.24) is 14.3 Å². The number of rotatable bonds is 6. The van der Waals surface area contributed by atoms with Crippen molar-refractivity contribution in [1.29, 1.82) is 0 Å². The minimum absolute atomic E-state index is 0.147. The van der Waals surface area contributed by atoms with Crippen LogP contribution in [0.15, 0.2) is 26.9 Å². The molecule has 0 saturated carbocycles. The second-order valence-electron chi connectivity index (χ2n) is 3.37. The van der Waals surface area contributed by atoms with Crippen LogP contribution in [0.3, 0.4) is 0 Å². The first kappa shape index (κ1) is 13.6. The Hall–Kier alpha value is -0.860. The number of halogens is 1. The molecular weight excluding hydrogens is 336 g/mol. The van der Waals surface area contributed by atoms with Gasteiger partial charge in [0.2, 0.25) is 5.95 Å². The van der Waals surface area contributed by atoms with E-state index in [1.165, 1.54) is 23.8 Å². The van der Waals surface area contributed by atoms with Gasteiger partial charge in [-0.15, -0.1) is 0 Å². The Kier molecular flexibility index (Phi) is 5.21. The summed E-state index contributed by atoms with van der Waals surface area (Å²) >= 11 is 6.68. The average molecular weight is 347 g/mol. The molecule has 0 bridgehead atoms. The standard InChI is InChI=1S/C10H11BrN4OS2/c11-7-5-18-15-8(7)6-17-4-3-13-10-12-2-1-9(16)14-10/h1-2,5H,3-4,6H2,(H2,12,13,14,16). The van der Waals surface area contributed by atoms with Gasteiger partial charge >= 0.3 is 0 Å². The van der Waals surface area contributed by atoms with Crippen LogP contribution in [0.4, 0.5) is 5.95 Å². The normalized spacial score (nSPS) is 10.5. The smallest absolute Gasteiger partial charge is 0.252 e. The zero-order chi connectivity index (χ0) is 12.8. The third kappa shape index (κ3) is 4.11. The van der Waals surface area contributed by atoms with E-state index in [4.69, 9.17) is 0 Å². The Morgan fingerprint density at radius 2 is 2.44 bits per heavy atom. The third-order valence-corrected chi connectivity index (χ3v) is 4.67. The lowest BCUT2D eigenvalue weighted by Crippen LogP contribution is -2.13. The molecule has 0 atom stereocenters. The first-order chi connectivity index (χ1) is 8.75. The fourth-order valence-electron chi connectivity index (χ4n) is 1.21. The Morgan fingerprint density at radius 3 is 3.17 bits per heavy atom. The molecule has 2 rings (SSSR count). The van der Waals surface area contributed by atoms with Crippen molar-refractivity contribution in [3.05, 3.63) is 38.2 Å². The molecule has 0 spiro atoms. The Labute approximate surface area is 121 Å². The van der Waals surface area contributed by atoms with Crippen molar-refractivity contribution >= 4 is 45.2 Å². The Morgan fingerprint density at radius 1 is 1.56 bits per heavy atom. The Bertz CT molecular complexity index is 557. The molecule has 0 radical (unpaired) electrons. The maximum atomic E-state index is 11.0. The molecule has 0 aliphatic carbocycles. The maximum absolute atomic E-state index is 11.0. The second-order valence-corrected chi connectivity index (χ2v) is 5.96. The molecule has 5 nitrogen and oxygen atoms in total. The monoisotopic (exact) mass is 346 g/mol. The molecular formula is C10H11BrN4OS2. The quantitative estimate of drug-likeness (QED) is 0.785. The summed E-state index contributed by atoms with van der Waals surface area (Å²) in [6.07, 6.45) is 1.49. The van der Waals surface area contributed by atoms with E-state index in [0.717, 1.165) is 28.2 Å². The fourth-order valence-corrected chi connectivity index (χ4v) is 3.45. The molecule has 2 heterocycles. The summed E-state index contributed by atoms with van der Waals surface area (Å²) in [5.41, 5.74) is 0.933. The number of aromatic nitrogens is 3. The van der Waals surface area contributed by atoms with E-state index in [1.54, 1.807) is 11.8 Å². The van der Waals surface area contributed by atoms with Gasteiger partial charge in [-0.3, -0.25) is 9.78 Å². The molecule has 96 valence electrons. The lowest BCUT2D eigenvalue weighted by molar-refractivity contribution is 1.06. The van der Waals surface area contributed by atoms with E-state index in [2.05, 4.69) is 35.6 Å². The highest BCUT2D eigenvalue weighted by Gasteiger charge is 2.02. The van der Waals surface area contributed by atoms with Gasteiger partial charge in [0.15, 0.2) is 0 Å². The third-order valence-electron chi connectivity index (χ3n) is 2.04. The van der Waals surface area contributed by atoms with Crippen LogP contribution in [0.5, 0.6) is 0 Å². The molecule has 2 aromatic rings. The predicted molar refractivity (Wildman–Crippen MR) is 79.3 cm³/mol. The van der Waals surface area contributed by atoms with Crippen molar-refractivity contribution in [3.63, 3.8) is 0 Å². The maximum Gasteiger partial charge on any atom is 0.252 e. The number of hydrogen-bond acceptors (Lipinski definition) is 6. The van der Waals surface area contributed by atoms with Gasteiger partial charge in [0.25, 0.3) is 5.56 Å². The molecule has 0 aromatic carbocycles. The van der Waals surface area contributed by atoms with E-state index < -0.39 is 0 Å². The summed E-state index contributed by atoms with van der Waals surface area (Å²) in [5, 5.41) is 5.04. The van der Waals surface area contributed by atoms with Crippen LogP contribution in [0.25, 0.3) is 0 Å². The molecule has 0 fully saturated rings. The lowest BCUT2D eigenvalue weighted by atomic mass is 10.5. The summed E-state index contributed by atoms with van der Waals surface area (Å²) in [6.45, 7) is 0.749. The van der Waals surface area contributed by atoms with Gasteiger partial charge in [0.05, 0.1) is 10.2 Å². The largest absolute Gasteiger partial charge is 0.355 e. The molecule has 0 unspecified atom stereocenters. The van der Waals surface area contributed by atoms with Crippen LogP contribution < -0.4 is 10.9 Å². The molecule has 0 amide bonds. The van der Waals surface area contributed by atoms with Gasteiger partial charge in [-0.05, 0) is 27.5 Å². The molecule has 2 aromatic heterocycles. The van der Waals surface area contributed by atoms with E-state index in [-0.39, 0.29) is 5.56 Å². The number of hydrogen-bond donors (Lipinski definition) is 2. The molecule has 0 aliphatic heterocycles. The van der Waals surface area contributed by atoms with Gasteiger partial charge in [-0.1, -0.05) is 0 Å². The predicted octanol–water partition coefficient (Wildman–Crippen LogP) is 2.33. The van der Waals surface area contributed by atoms with Crippen LogP contribution >= 0.6 is 39.2 Å². The van der Waals surface area contributed by atoms with E-state index in [9.17, 15) is 4.79 Å². The van der Waals surface area contributed by atoms with Crippen molar-refractivity contribution in [2.24, 2.45) is 0 Å². The van der Waals surface area contributed by atoms with Crippen LogP contribution in [-0.4, -0.2) is 26.6 Å². The molecule has 2 N–H and O–H groups in total. The minimum atomic E-state index is -0.147. The number of H-pyrrole nitrogens is 1. The summed E-state index contributed by atoms with van der Waals surface area (Å²) in [4.78, 5) is 17.6. The molecule has 0 saturated heterocycles. The van der Waals surface area contributed by atoms with Gasteiger partial charge in [0.1, 0.15) is 0 Å². The summed E-state index contributed by atoms with van der Waals surface area (Å²) in [5.74, 6) is 2.31. The van der Waals surface area contributed by atoms with Gasteiger partial charge in [-0.25, -0.2) is 4.98 Å². The Balaban J connectivity index is 1.68. The van der Waals surface area contributed by atoms with Crippen molar-refractivity contribution in [2.75, 3.05) is 17.6 Å². The molecule has 18 heavy (non-hydrogen) atoms. The highest BCUT2D eigenvalue weighted by Crippen LogP contribution is 2.22. The van der Waals surface area contributed by atoms with E-state index in [1.807, 2.05) is 5.38 Å². The van der Waals surface area contributed by atoms with Crippen molar-refractivity contribution in [2.45, 2.75) is 5.75 Å². The molecule has 8 heteroatoms. The summed E-state index contributed by atoms with van der Waals surface area (Å²) in [7, 11) is 0. The zero-order valence-corrected chi connectivity index (χ0v) is 12.6. The number of anilines is 1. The fraction of sp³-hybridized carbons (Fsp3) is 0.300. The molecule has 0 aliphatic rings. The zero-order valence-electron chi connectivity index (χ0n) is 9.35. The average Bonchev–Trinajstić information content (AvgIpc) is 2.75. The van der Waals surface area contributed by atoms with Crippen LogP contribution in [0.2, 0.25) is 0 Å². The van der Waals surface area contributed by atoms with Crippen molar-refractivity contribution in [3.8, 4) is 0 Å². The lowest BCUT2D eigenvalue weighted by Gasteiger charge is -2.03. The minimum Gasteiger partial charge on any atom is -0.355 e. The van der Waals surface area contributed by atoms with Crippen LogP contribution in [0.1, 0.15) is 5.69 Å². The summed E-state index contributed by atoms with van der Waals surface area (Å²) < 4.78 is 5.35. The van der Waals surface area contributed by atoms with Crippen molar-refractivity contribution < 1.29 is 0 Å². The van der Waals surface area contributed by atoms with Crippen LogP contribution in [-0.2, 0) is 5.75 Å². The highest BCUT2D eigenvalue weighted by atomic mass is 79.9. The van der Waals surface area contributed by atoms with Gasteiger partial charge in [-0.2, -0.15) is 16.1 Å². The number of thioether (sulfide) groups is 1. The SMILES string of the molecule is O=c1ccnc(NCCSCc2nscc2Br)[nH]1. The highest BCUT2D eigenvalue weighted by molar-refractivity contribution is 9.10. The summed E-state index contributed by atoms with van der Waals surface area (Å²) in [6, 6.07) is 1.39. The van der Waals surface area contributed by atoms with E-state index >= 15 is 0 Å². The number of nitrogens with zero attached hydrogens (tertiary/aromatic N) is 2. The second kappa shape index (κ2) is 6.91. The van der Waals surface area contributed by atoms with Crippen LogP contribution in [0, 0.1) is 0 Å². The first-order valence-corrected chi connectivity index (χ1v) is 8.00. The van der Waals surface area contributed by atoms with Gasteiger partial charge in [0, 0.05) is 35.7 Å². The van der Waals surface area contributed by atoms with E-state index in [0.29, 0.717) is 5.95 Å². The topological polar surface area (TPSA) is 70.7 Å². The number of aromatic amines is 1.